The molecule has 5 rings (SSSR count). The summed E-state index contributed by atoms with van der Waals surface area (Å²) in [6.45, 7) is 4.77. The second-order valence-electron chi connectivity index (χ2n) is 7.95. The first-order chi connectivity index (χ1) is 15.0. The SMILES string of the molecule is CC1CCc2sc(-c3nnc(SC(C)C(=O)NCc4ccc5c(c4)OCO5)o3)cc2C1. The highest BCUT2D eigenvalue weighted by molar-refractivity contribution is 8.00. The van der Waals surface area contributed by atoms with Crippen molar-refractivity contribution in [3.05, 3.63) is 40.3 Å². The van der Waals surface area contributed by atoms with E-state index in [-0.39, 0.29) is 18.0 Å². The molecule has 0 spiro atoms. The van der Waals surface area contributed by atoms with Crippen LogP contribution in [0.4, 0.5) is 0 Å². The number of nitrogens with zero attached hydrogens (tertiary/aromatic N) is 2. The summed E-state index contributed by atoms with van der Waals surface area (Å²) in [5.41, 5.74) is 2.35. The van der Waals surface area contributed by atoms with E-state index in [1.54, 1.807) is 11.3 Å². The molecule has 0 fully saturated rings. The van der Waals surface area contributed by atoms with Crippen molar-refractivity contribution in [3.8, 4) is 22.3 Å². The standard InChI is InChI=1S/C22H23N3O4S2/c1-12-3-6-18-15(7-12)9-19(31-18)21-24-25-22(29-21)30-13(2)20(26)23-10-14-4-5-16-17(8-14)28-11-27-16/h4-5,8-9,12-13H,3,6-7,10-11H2,1-2H3,(H,23,26). The first-order valence-corrected chi connectivity index (χ1v) is 12.0. The number of rotatable bonds is 6. The van der Waals surface area contributed by atoms with Crippen molar-refractivity contribution >= 4 is 29.0 Å². The van der Waals surface area contributed by atoms with Gasteiger partial charge in [0.05, 0.1) is 10.1 Å². The molecule has 1 N–H and O–H groups in total. The number of fused-ring (bicyclic) bond motifs is 2. The van der Waals surface area contributed by atoms with Crippen LogP contribution in [0.15, 0.2) is 33.9 Å². The smallest absolute Gasteiger partial charge is 0.277 e. The zero-order chi connectivity index (χ0) is 21.4. The van der Waals surface area contributed by atoms with Crippen molar-refractivity contribution in [3.63, 3.8) is 0 Å². The number of thiophene rings is 1. The molecule has 1 aromatic carbocycles. The van der Waals surface area contributed by atoms with Gasteiger partial charge in [-0.1, -0.05) is 24.8 Å². The van der Waals surface area contributed by atoms with Crippen LogP contribution in [-0.2, 0) is 24.2 Å². The number of carbonyl (C=O) groups is 1. The molecule has 0 saturated carbocycles. The maximum atomic E-state index is 12.5. The summed E-state index contributed by atoms with van der Waals surface area (Å²) in [7, 11) is 0. The van der Waals surface area contributed by atoms with Gasteiger partial charge in [-0.2, -0.15) is 0 Å². The van der Waals surface area contributed by atoms with Crippen molar-refractivity contribution in [1.82, 2.24) is 15.5 Å². The Morgan fingerprint density at radius 1 is 1.29 bits per heavy atom. The highest BCUT2D eigenvalue weighted by Gasteiger charge is 2.23. The van der Waals surface area contributed by atoms with Crippen LogP contribution < -0.4 is 14.8 Å². The van der Waals surface area contributed by atoms with Gasteiger partial charge in [-0.3, -0.25) is 4.79 Å². The van der Waals surface area contributed by atoms with Gasteiger partial charge in [-0.15, -0.1) is 21.5 Å². The molecule has 1 aliphatic heterocycles. The normalized spacial score (nSPS) is 17.9. The Bertz CT molecular complexity index is 1110. The third-order valence-corrected chi connectivity index (χ3v) is 7.66. The molecule has 31 heavy (non-hydrogen) atoms. The third-order valence-electron chi connectivity index (χ3n) is 5.50. The van der Waals surface area contributed by atoms with E-state index in [2.05, 4.69) is 28.5 Å². The van der Waals surface area contributed by atoms with E-state index < -0.39 is 0 Å². The van der Waals surface area contributed by atoms with E-state index in [1.807, 2.05) is 25.1 Å². The number of benzene rings is 1. The minimum absolute atomic E-state index is 0.0945. The highest BCUT2D eigenvalue weighted by Crippen LogP contribution is 2.37. The first-order valence-electron chi connectivity index (χ1n) is 10.3. The van der Waals surface area contributed by atoms with Crippen LogP contribution in [0.1, 0.15) is 36.3 Å². The minimum atomic E-state index is -0.361. The number of thioether (sulfide) groups is 1. The molecule has 9 heteroatoms. The zero-order valence-electron chi connectivity index (χ0n) is 17.3. The molecule has 7 nitrogen and oxygen atoms in total. The molecule has 3 heterocycles. The lowest BCUT2D eigenvalue weighted by atomic mass is 9.90. The number of aryl methyl sites for hydroxylation is 1. The van der Waals surface area contributed by atoms with E-state index in [1.165, 1.54) is 28.6 Å². The minimum Gasteiger partial charge on any atom is -0.454 e. The van der Waals surface area contributed by atoms with Crippen LogP contribution in [0.3, 0.4) is 0 Å². The maximum Gasteiger partial charge on any atom is 0.277 e. The molecule has 3 aromatic rings. The average Bonchev–Trinajstić information content (AvgIpc) is 3.50. The molecular weight excluding hydrogens is 434 g/mol. The summed E-state index contributed by atoms with van der Waals surface area (Å²) in [5, 5.41) is 11.3. The molecule has 1 aliphatic carbocycles. The summed E-state index contributed by atoms with van der Waals surface area (Å²) in [4.78, 5) is 15.0. The Morgan fingerprint density at radius 2 is 2.16 bits per heavy atom. The van der Waals surface area contributed by atoms with Crippen LogP contribution in [0.25, 0.3) is 10.8 Å². The van der Waals surface area contributed by atoms with Crippen LogP contribution >= 0.6 is 23.1 Å². The lowest BCUT2D eigenvalue weighted by Crippen LogP contribution is -2.30. The lowest BCUT2D eigenvalue weighted by Gasteiger charge is -2.16. The van der Waals surface area contributed by atoms with Crippen molar-refractivity contribution in [1.29, 1.82) is 0 Å². The van der Waals surface area contributed by atoms with Crippen molar-refractivity contribution < 1.29 is 18.7 Å². The van der Waals surface area contributed by atoms with E-state index in [9.17, 15) is 4.79 Å². The van der Waals surface area contributed by atoms with Gasteiger partial charge < -0.3 is 19.2 Å². The molecule has 1 amide bonds. The lowest BCUT2D eigenvalue weighted by molar-refractivity contribution is -0.120. The Hall–Kier alpha value is -2.52. The van der Waals surface area contributed by atoms with Crippen LogP contribution in [0.5, 0.6) is 11.5 Å². The number of amides is 1. The topological polar surface area (TPSA) is 86.5 Å². The second kappa shape index (κ2) is 8.55. The van der Waals surface area contributed by atoms with Gasteiger partial charge in [0.15, 0.2) is 11.5 Å². The quantitative estimate of drug-likeness (QED) is 0.547. The van der Waals surface area contributed by atoms with E-state index in [4.69, 9.17) is 13.9 Å². The molecule has 0 bridgehead atoms. The van der Waals surface area contributed by atoms with Gasteiger partial charge >= 0.3 is 0 Å². The Labute approximate surface area is 188 Å². The van der Waals surface area contributed by atoms with Crippen LogP contribution in [-0.4, -0.2) is 28.1 Å². The van der Waals surface area contributed by atoms with Gasteiger partial charge in [-0.05, 0) is 61.4 Å². The van der Waals surface area contributed by atoms with Crippen molar-refractivity contribution in [2.45, 2.75) is 50.1 Å². The number of carbonyl (C=O) groups excluding carboxylic acids is 1. The summed E-state index contributed by atoms with van der Waals surface area (Å²) >= 11 is 3.00. The Kier molecular flexibility index (Phi) is 5.62. The van der Waals surface area contributed by atoms with E-state index in [0.29, 0.717) is 23.4 Å². The number of nitrogens with one attached hydrogen (secondary N) is 1. The molecule has 2 aliphatic rings. The van der Waals surface area contributed by atoms with Crippen molar-refractivity contribution in [2.24, 2.45) is 5.92 Å². The van der Waals surface area contributed by atoms with Gasteiger partial charge in [0, 0.05) is 11.4 Å². The van der Waals surface area contributed by atoms with Crippen LogP contribution in [0.2, 0.25) is 0 Å². The largest absolute Gasteiger partial charge is 0.454 e. The highest BCUT2D eigenvalue weighted by atomic mass is 32.2. The third kappa shape index (κ3) is 4.43. The molecule has 162 valence electrons. The average molecular weight is 458 g/mol. The Morgan fingerprint density at radius 3 is 3.06 bits per heavy atom. The summed E-state index contributed by atoms with van der Waals surface area (Å²) in [6, 6.07) is 7.83. The molecule has 2 atom stereocenters. The van der Waals surface area contributed by atoms with Crippen molar-refractivity contribution in [2.75, 3.05) is 6.79 Å². The predicted molar refractivity (Wildman–Crippen MR) is 119 cm³/mol. The fourth-order valence-corrected chi connectivity index (χ4v) is 5.59. The van der Waals surface area contributed by atoms with Gasteiger partial charge in [0.25, 0.3) is 11.1 Å². The van der Waals surface area contributed by atoms with Gasteiger partial charge in [0.1, 0.15) is 0 Å². The maximum absolute atomic E-state index is 12.5. The molecule has 0 radical (unpaired) electrons. The Balaban J connectivity index is 1.18. The monoisotopic (exact) mass is 457 g/mol. The van der Waals surface area contributed by atoms with E-state index in [0.717, 1.165) is 34.9 Å². The van der Waals surface area contributed by atoms with Crippen LogP contribution in [0, 0.1) is 5.92 Å². The number of hydrogen-bond donors (Lipinski definition) is 1. The molecule has 0 saturated heterocycles. The molecule has 2 aromatic heterocycles. The summed E-state index contributed by atoms with van der Waals surface area (Å²) < 4.78 is 16.5. The molecule has 2 unspecified atom stereocenters. The second-order valence-corrected chi connectivity index (χ2v) is 10.4. The van der Waals surface area contributed by atoms with Gasteiger partial charge in [-0.25, -0.2) is 0 Å². The first kappa shape index (κ1) is 20.4. The fraction of sp³-hybridized carbons (Fsp3) is 0.409. The zero-order valence-corrected chi connectivity index (χ0v) is 19.0. The predicted octanol–water partition coefficient (Wildman–Crippen LogP) is 4.45. The summed E-state index contributed by atoms with van der Waals surface area (Å²) in [5.74, 6) is 2.59. The fourth-order valence-electron chi connectivity index (χ4n) is 3.76. The summed E-state index contributed by atoms with van der Waals surface area (Å²) in [6.07, 6.45) is 3.47. The number of ether oxygens (including phenoxy) is 2. The van der Waals surface area contributed by atoms with Gasteiger partial charge in [0.2, 0.25) is 12.7 Å². The van der Waals surface area contributed by atoms with E-state index >= 15 is 0 Å². The molecular formula is C22H23N3O4S2. The number of hydrogen-bond acceptors (Lipinski definition) is 8. The number of aromatic nitrogens is 2.